The third-order valence-electron chi connectivity index (χ3n) is 2.63. The summed E-state index contributed by atoms with van der Waals surface area (Å²) >= 11 is 5.64. The van der Waals surface area contributed by atoms with Gasteiger partial charge in [-0.3, -0.25) is 0 Å². The predicted molar refractivity (Wildman–Crippen MR) is 55.8 cm³/mol. The summed E-state index contributed by atoms with van der Waals surface area (Å²) in [6, 6.07) is 4.30. The van der Waals surface area contributed by atoms with E-state index in [2.05, 4.69) is 0 Å². The highest BCUT2D eigenvalue weighted by atomic mass is 35.5. The Hall–Kier alpha value is -0.600. The molecule has 0 aliphatic rings. The summed E-state index contributed by atoms with van der Waals surface area (Å²) in [7, 11) is 0. The van der Waals surface area contributed by atoms with Crippen LogP contribution < -0.4 is 0 Å². The minimum absolute atomic E-state index is 0.0448. The molecule has 0 aliphatic carbocycles. The van der Waals surface area contributed by atoms with E-state index in [-0.39, 0.29) is 10.9 Å². The molecule has 14 heavy (non-hydrogen) atoms. The highest BCUT2D eigenvalue weighted by molar-refractivity contribution is 6.30. The lowest BCUT2D eigenvalue weighted by Crippen LogP contribution is -2.27. The first kappa shape index (κ1) is 11.5. The van der Waals surface area contributed by atoms with E-state index >= 15 is 0 Å². The van der Waals surface area contributed by atoms with Crippen LogP contribution in [0.25, 0.3) is 0 Å². The quantitative estimate of drug-likeness (QED) is 0.804. The number of hydrogen-bond donors (Lipinski definition) is 1. The van der Waals surface area contributed by atoms with Gasteiger partial charge in [0.1, 0.15) is 5.82 Å². The number of aliphatic hydroxyl groups is 1. The van der Waals surface area contributed by atoms with Crippen molar-refractivity contribution in [3.05, 3.63) is 34.6 Å². The molecule has 0 saturated carbocycles. The molecule has 0 aromatic heterocycles. The van der Waals surface area contributed by atoms with Crippen LogP contribution in [0.4, 0.5) is 4.39 Å². The van der Waals surface area contributed by atoms with E-state index in [1.54, 1.807) is 13.0 Å². The summed E-state index contributed by atoms with van der Waals surface area (Å²) in [5.74, 6) is -0.418. The Morgan fingerprint density at radius 2 is 2.00 bits per heavy atom. The fraction of sp³-hybridized carbons (Fsp3) is 0.455. The molecule has 1 N–H and O–H groups in total. The average Bonchev–Trinajstić information content (AvgIpc) is 2.09. The first-order valence-electron chi connectivity index (χ1n) is 4.53. The SMILES string of the molecule is CC(C)C(C)(O)c1ccc(F)c(Cl)c1. The molecule has 0 saturated heterocycles. The summed E-state index contributed by atoms with van der Waals surface area (Å²) in [6.07, 6.45) is 0. The predicted octanol–water partition coefficient (Wildman–Crippen LogP) is 3.34. The van der Waals surface area contributed by atoms with E-state index in [1.807, 2.05) is 13.8 Å². The fourth-order valence-corrected chi connectivity index (χ4v) is 1.32. The Morgan fingerprint density at radius 3 is 2.43 bits per heavy atom. The van der Waals surface area contributed by atoms with Gasteiger partial charge >= 0.3 is 0 Å². The summed E-state index contributed by atoms with van der Waals surface area (Å²) < 4.78 is 12.9. The van der Waals surface area contributed by atoms with Crippen molar-refractivity contribution in [3.63, 3.8) is 0 Å². The van der Waals surface area contributed by atoms with Crippen molar-refractivity contribution < 1.29 is 9.50 Å². The molecule has 0 aliphatic heterocycles. The van der Waals surface area contributed by atoms with Crippen molar-refractivity contribution in [1.82, 2.24) is 0 Å². The zero-order chi connectivity index (χ0) is 10.9. The first-order valence-corrected chi connectivity index (χ1v) is 4.91. The Balaban J connectivity index is 3.14. The Morgan fingerprint density at radius 1 is 1.43 bits per heavy atom. The Kier molecular flexibility index (Phi) is 3.17. The zero-order valence-electron chi connectivity index (χ0n) is 8.51. The molecule has 0 fully saturated rings. The monoisotopic (exact) mass is 216 g/mol. The lowest BCUT2D eigenvalue weighted by atomic mass is 9.85. The second kappa shape index (κ2) is 3.87. The van der Waals surface area contributed by atoms with Gasteiger partial charge < -0.3 is 5.11 Å². The minimum atomic E-state index is -0.975. The van der Waals surface area contributed by atoms with Crippen LogP contribution in [0.3, 0.4) is 0 Å². The third-order valence-corrected chi connectivity index (χ3v) is 2.92. The van der Waals surface area contributed by atoms with Crippen molar-refractivity contribution in [2.45, 2.75) is 26.4 Å². The maximum Gasteiger partial charge on any atom is 0.141 e. The maximum atomic E-state index is 12.9. The van der Waals surface area contributed by atoms with E-state index in [9.17, 15) is 9.50 Å². The van der Waals surface area contributed by atoms with Gasteiger partial charge in [0.15, 0.2) is 0 Å². The van der Waals surface area contributed by atoms with Crippen LogP contribution >= 0.6 is 11.6 Å². The normalized spacial score (nSPS) is 15.6. The Bertz CT molecular complexity index is 334. The average molecular weight is 217 g/mol. The number of hydrogen-bond acceptors (Lipinski definition) is 1. The molecule has 1 unspecified atom stereocenters. The molecule has 0 amide bonds. The summed E-state index contributed by atoms with van der Waals surface area (Å²) in [5.41, 5.74) is -0.337. The van der Waals surface area contributed by atoms with Crippen LogP contribution in [0.5, 0.6) is 0 Å². The zero-order valence-corrected chi connectivity index (χ0v) is 9.27. The molecule has 78 valence electrons. The van der Waals surface area contributed by atoms with Crippen molar-refractivity contribution in [1.29, 1.82) is 0 Å². The van der Waals surface area contributed by atoms with Gasteiger partial charge in [-0.1, -0.05) is 31.5 Å². The van der Waals surface area contributed by atoms with Gasteiger partial charge in [-0.15, -0.1) is 0 Å². The molecule has 0 radical (unpaired) electrons. The van der Waals surface area contributed by atoms with E-state index in [1.165, 1.54) is 12.1 Å². The number of halogens is 2. The summed E-state index contributed by atoms with van der Waals surface area (Å²) in [6.45, 7) is 5.50. The molecular formula is C11H14ClFO. The first-order chi connectivity index (χ1) is 6.35. The largest absolute Gasteiger partial charge is 0.385 e. The molecule has 0 spiro atoms. The smallest absolute Gasteiger partial charge is 0.141 e. The number of benzene rings is 1. The third kappa shape index (κ3) is 2.07. The van der Waals surface area contributed by atoms with E-state index in [4.69, 9.17) is 11.6 Å². The van der Waals surface area contributed by atoms with Crippen molar-refractivity contribution in [2.75, 3.05) is 0 Å². The second-order valence-corrected chi connectivity index (χ2v) is 4.34. The van der Waals surface area contributed by atoms with Gasteiger partial charge in [0.2, 0.25) is 0 Å². The van der Waals surface area contributed by atoms with Crippen molar-refractivity contribution in [2.24, 2.45) is 5.92 Å². The van der Waals surface area contributed by atoms with Crippen LogP contribution in [-0.4, -0.2) is 5.11 Å². The molecule has 0 bridgehead atoms. The number of rotatable bonds is 2. The Labute approximate surface area is 88.5 Å². The van der Waals surface area contributed by atoms with Gasteiger partial charge in [0, 0.05) is 0 Å². The molecule has 1 rings (SSSR count). The molecule has 1 aromatic rings. The minimum Gasteiger partial charge on any atom is -0.385 e. The van der Waals surface area contributed by atoms with Crippen LogP contribution in [0.15, 0.2) is 18.2 Å². The molecule has 1 atom stereocenters. The lowest BCUT2D eigenvalue weighted by Gasteiger charge is -2.28. The molecular weight excluding hydrogens is 203 g/mol. The second-order valence-electron chi connectivity index (χ2n) is 3.93. The topological polar surface area (TPSA) is 20.2 Å². The molecule has 1 nitrogen and oxygen atoms in total. The fourth-order valence-electron chi connectivity index (χ4n) is 1.14. The maximum absolute atomic E-state index is 12.9. The van der Waals surface area contributed by atoms with Gasteiger partial charge in [0.25, 0.3) is 0 Å². The van der Waals surface area contributed by atoms with Crippen LogP contribution in [-0.2, 0) is 5.60 Å². The standard InChI is InChI=1S/C11H14ClFO/c1-7(2)11(3,14)8-4-5-10(13)9(12)6-8/h4-7,14H,1-3H3. The highest BCUT2D eigenvalue weighted by Crippen LogP contribution is 2.31. The van der Waals surface area contributed by atoms with Gasteiger partial charge in [-0.2, -0.15) is 0 Å². The lowest BCUT2D eigenvalue weighted by molar-refractivity contribution is 0.00900. The van der Waals surface area contributed by atoms with Gasteiger partial charge in [0.05, 0.1) is 10.6 Å². The van der Waals surface area contributed by atoms with Crippen LogP contribution in [0, 0.1) is 11.7 Å². The van der Waals surface area contributed by atoms with Crippen LogP contribution in [0.1, 0.15) is 26.3 Å². The molecule has 3 heteroatoms. The van der Waals surface area contributed by atoms with Crippen molar-refractivity contribution in [3.8, 4) is 0 Å². The van der Waals surface area contributed by atoms with E-state index in [0.717, 1.165) is 0 Å². The molecule has 1 aromatic carbocycles. The summed E-state index contributed by atoms with van der Waals surface area (Å²) in [4.78, 5) is 0. The van der Waals surface area contributed by atoms with Crippen molar-refractivity contribution >= 4 is 11.6 Å². The highest BCUT2D eigenvalue weighted by Gasteiger charge is 2.27. The van der Waals surface area contributed by atoms with Gasteiger partial charge in [-0.05, 0) is 30.5 Å². The van der Waals surface area contributed by atoms with Gasteiger partial charge in [-0.25, -0.2) is 4.39 Å². The van der Waals surface area contributed by atoms with Crippen LogP contribution in [0.2, 0.25) is 5.02 Å². The van der Waals surface area contributed by atoms with E-state index in [0.29, 0.717) is 5.56 Å². The molecule has 0 heterocycles. The van der Waals surface area contributed by atoms with E-state index < -0.39 is 11.4 Å². The summed E-state index contributed by atoms with van der Waals surface area (Å²) in [5, 5.41) is 10.1.